The van der Waals surface area contributed by atoms with Crippen molar-refractivity contribution >= 4 is 41.1 Å². The summed E-state index contributed by atoms with van der Waals surface area (Å²) in [6.07, 6.45) is 0. The molecule has 0 radical (unpaired) electrons. The lowest BCUT2D eigenvalue weighted by atomic mass is 10.3. The van der Waals surface area contributed by atoms with E-state index in [-0.39, 0.29) is 0 Å². The fourth-order valence-electron chi connectivity index (χ4n) is 3.55. The molecule has 0 aliphatic carbocycles. The first-order valence-electron chi connectivity index (χ1n) is 9.30. The fourth-order valence-corrected chi connectivity index (χ4v) is 7.62. The largest absolute Gasteiger partial charge is 0.457 e. The van der Waals surface area contributed by atoms with Crippen molar-refractivity contribution in [2.45, 2.75) is 6.92 Å². The van der Waals surface area contributed by atoms with Crippen LogP contribution >= 0.6 is 29.9 Å². The van der Waals surface area contributed by atoms with E-state index in [1.165, 1.54) is 3.57 Å². The number of halogens is 1. The fraction of sp³-hybridized carbons (Fsp3) is 0.474. The van der Waals surface area contributed by atoms with Crippen LogP contribution in [0.15, 0.2) is 45.6 Å². The van der Waals surface area contributed by atoms with Crippen molar-refractivity contribution in [3.8, 4) is 0 Å². The average Bonchev–Trinajstić information content (AvgIpc) is 3.15. The van der Waals surface area contributed by atoms with Crippen LogP contribution in [0.1, 0.15) is 5.76 Å². The summed E-state index contributed by atoms with van der Waals surface area (Å²) >= 11 is 2.33. The van der Waals surface area contributed by atoms with Crippen LogP contribution in [0.3, 0.4) is 0 Å². The average molecular weight is 501 g/mol. The van der Waals surface area contributed by atoms with Crippen LogP contribution < -0.4 is 5.50 Å². The molecule has 2 aliphatic rings. The number of hydrogen-bond donors (Lipinski definition) is 0. The lowest BCUT2D eigenvalue weighted by molar-refractivity contribution is 0.0575. The Morgan fingerprint density at radius 3 is 1.89 bits per heavy atom. The zero-order valence-electron chi connectivity index (χ0n) is 15.5. The van der Waals surface area contributed by atoms with Gasteiger partial charge in [-0.05, 0) is 65.9 Å². The predicted molar refractivity (Wildman–Crippen MR) is 116 cm³/mol. The van der Waals surface area contributed by atoms with E-state index in [1.807, 2.05) is 6.92 Å². The monoisotopic (exact) mass is 501 g/mol. The van der Waals surface area contributed by atoms with Crippen LogP contribution in [-0.4, -0.2) is 61.9 Å². The van der Waals surface area contributed by atoms with Gasteiger partial charge in [-0.2, -0.15) is 0 Å². The van der Waals surface area contributed by atoms with E-state index in [2.05, 4.69) is 68.3 Å². The second kappa shape index (κ2) is 8.76. The number of furan rings is 1. The maximum absolute atomic E-state index is 6.24. The topological polar surface area (TPSA) is 50.4 Å². The Morgan fingerprint density at radius 2 is 1.41 bits per heavy atom. The van der Waals surface area contributed by atoms with Crippen molar-refractivity contribution in [1.82, 2.24) is 9.34 Å². The van der Waals surface area contributed by atoms with E-state index >= 15 is 0 Å². The van der Waals surface area contributed by atoms with Crippen molar-refractivity contribution in [2.75, 3.05) is 52.6 Å². The Labute approximate surface area is 174 Å². The molecule has 1 aromatic carbocycles. The quantitative estimate of drug-likeness (QED) is 0.471. The molecule has 2 fully saturated rings. The van der Waals surface area contributed by atoms with Gasteiger partial charge in [-0.15, -0.1) is 0 Å². The molecule has 0 saturated carbocycles. The highest BCUT2D eigenvalue weighted by atomic mass is 127. The van der Waals surface area contributed by atoms with E-state index in [4.69, 9.17) is 18.6 Å². The van der Waals surface area contributed by atoms with Crippen LogP contribution in [0.5, 0.6) is 0 Å². The number of rotatable bonds is 4. The van der Waals surface area contributed by atoms with E-state index in [0.717, 1.165) is 69.6 Å². The first kappa shape index (κ1) is 19.6. The van der Waals surface area contributed by atoms with Crippen LogP contribution in [0.2, 0.25) is 0 Å². The second-order valence-corrected chi connectivity index (χ2v) is 10.8. The highest BCUT2D eigenvalue weighted by molar-refractivity contribution is 14.1. The summed E-state index contributed by atoms with van der Waals surface area (Å²) in [4.78, 5) is 0. The molecular formula is C19H25IN3O3P. The van der Waals surface area contributed by atoms with Crippen molar-refractivity contribution < 1.29 is 13.9 Å². The lowest BCUT2D eigenvalue weighted by Crippen LogP contribution is -2.46. The minimum atomic E-state index is -2.25. The summed E-state index contributed by atoms with van der Waals surface area (Å²) in [5.41, 5.74) is 1.97. The van der Waals surface area contributed by atoms with Crippen molar-refractivity contribution in [1.29, 1.82) is 0 Å². The molecule has 0 atom stereocenters. The molecule has 1 aromatic heterocycles. The normalized spacial score (nSPS) is 19.9. The standard InChI is InChI=1S/C19H25IN3O3P/c1-16-2-7-19(26-16)27(22-8-12-24-13-9-22,23-10-14-25-15-11-23)21-18-5-3-17(20)4-6-18/h2-7H,8-15H2,1H3. The van der Waals surface area contributed by atoms with Crippen molar-refractivity contribution in [3.05, 3.63) is 45.7 Å². The first-order valence-corrected chi connectivity index (χ1v) is 12.0. The molecule has 0 bridgehead atoms. The Hall–Kier alpha value is -0.700. The molecule has 3 heterocycles. The highest BCUT2D eigenvalue weighted by Crippen LogP contribution is 2.58. The van der Waals surface area contributed by atoms with Gasteiger partial charge in [-0.1, -0.05) is 0 Å². The van der Waals surface area contributed by atoms with Crippen molar-refractivity contribution in [2.24, 2.45) is 4.74 Å². The Kier molecular flexibility index (Phi) is 6.36. The third-order valence-corrected chi connectivity index (χ3v) is 9.31. The lowest BCUT2D eigenvalue weighted by Gasteiger charge is -2.45. The van der Waals surface area contributed by atoms with Gasteiger partial charge in [0.2, 0.25) is 0 Å². The third kappa shape index (κ3) is 4.18. The van der Waals surface area contributed by atoms with Gasteiger partial charge in [0.1, 0.15) is 5.76 Å². The van der Waals surface area contributed by atoms with E-state index in [9.17, 15) is 0 Å². The van der Waals surface area contributed by atoms with E-state index in [1.54, 1.807) is 0 Å². The SMILES string of the molecule is Cc1ccc(P(=Nc2ccc(I)cc2)(N2CCOCC2)N2CCOCC2)o1. The van der Waals surface area contributed by atoms with Gasteiger partial charge in [-0.25, -0.2) is 14.1 Å². The molecule has 27 heavy (non-hydrogen) atoms. The minimum Gasteiger partial charge on any atom is -0.457 e. The maximum atomic E-state index is 6.24. The first-order chi connectivity index (χ1) is 13.2. The number of nitrogens with zero attached hydrogens (tertiary/aromatic N) is 3. The van der Waals surface area contributed by atoms with Gasteiger partial charge in [-0.3, -0.25) is 0 Å². The Morgan fingerprint density at radius 1 is 0.852 bits per heavy atom. The summed E-state index contributed by atoms with van der Waals surface area (Å²) in [6.45, 7) is 8.36. The van der Waals surface area contributed by atoms with Gasteiger partial charge in [0.25, 0.3) is 0 Å². The highest BCUT2D eigenvalue weighted by Gasteiger charge is 2.40. The number of ether oxygens (including phenoxy) is 2. The number of aryl methyl sites for hydroxylation is 1. The molecule has 2 saturated heterocycles. The van der Waals surface area contributed by atoms with Crippen molar-refractivity contribution in [3.63, 3.8) is 0 Å². The minimum absolute atomic E-state index is 0.730. The smallest absolute Gasteiger partial charge is 0.172 e. The summed E-state index contributed by atoms with van der Waals surface area (Å²) in [6, 6.07) is 12.6. The Bertz CT molecular complexity index is 790. The van der Waals surface area contributed by atoms with Gasteiger partial charge in [0, 0.05) is 29.7 Å². The molecule has 0 amide bonds. The van der Waals surface area contributed by atoms with Crippen LogP contribution in [0, 0.1) is 10.5 Å². The molecule has 6 nitrogen and oxygen atoms in total. The maximum Gasteiger partial charge on any atom is 0.172 e. The third-order valence-electron chi connectivity index (χ3n) is 4.87. The molecule has 2 aromatic rings. The van der Waals surface area contributed by atoms with Gasteiger partial charge >= 0.3 is 0 Å². The zero-order valence-corrected chi connectivity index (χ0v) is 18.6. The number of hydrogen-bond acceptors (Lipinski definition) is 4. The molecule has 0 unspecified atom stereocenters. The number of morpholine rings is 2. The molecular weight excluding hydrogens is 476 g/mol. The van der Waals surface area contributed by atoms with Gasteiger partial charge in [0.05, 0.1) is 32.1 Å². The Balaban J connectivity index is 1.90. The molecule has 4 rings (SSSR count). The molecule has 0 spiro atoms. The summed E-state index contributed by atoms with van der Waals surface area (Å²) in [5.74, 6) is 0.925. The molecule has 0 N–H and O–H groups in total. The molecule has 2 aliphatic heterocycles. The van der Waals surface area contributed by atoms with Gasteiger partial charge < -0.3 is 13.9 Å². The van der Waals surface area contributed by atoms with Crippen LogP contribution in [0.4, 0.5) is 5.69 Å². The molecule has 146 valence electrons. The second-order valence-electron chi connectivity index (χ2n) is 6.66. The van der Waals surface area contributed by atoms with E-state index in [0.29, 0.717) is 0 Å². The van der Waals surface area contributed by atoms with Crippen LogP contribution in [-0.2, 0) is 9.47 Å². The number of benzene rings is 1. The summed E-state index contributed by atoms with van der Waals surface area (Å²) < 4.78 is 29.2. The summed E-state index contributed by atoms with van der Waals surface area (Å²) in [7, 11) is -2.25. The van der Waals surface area contributed by atoms with Crippen LogP contribution in [0.25, 0.3) is 0 Å². The van der Waals surface area contributed by atoms with E-state index < -0.39 is 7.36 Å². The molecule has 8 heteroatoms. The zero-order chi connectivity index (χ0) is 18.7. The summed E-state index contributed by atoms with van der Waals surface area (Å²) in [5, 5.41) is 0. The van der Waals surface area contributed by atoms with Gasteiger partial charge in [0.15, 0.2) is 12.9 Å². The predicted octanol–water partition coefficient (Wildman–Crippen LogP) is 3.85.